The smallest absolute Gasteiger partial charge is 0.119 e. The van der Waals surface area contributed by atoms with Crippen molar-refractivity contribution in [3.05, 3.63) is 29.8 Å². The highest BCUT2D eigenvalue weighted by Gasteiger charge is 2.46. The quantitative estimate of drug-likeness (QED) is 0.866. The van der Waals surface area contributed by atoms with E-state index in [-0.39, 0.29) is 18.3 Å². The molecule has 3 rings (SSSR count). The molecule has 2 aliphatic rings. The first-order chi connectivity index (χ1) is 11.3. The molecule has 1 N–H and O–H groups in total. The number of piperidine rings is 1. The maximum atomic E-state index is 8.78. The third kappa shape index (κ3) is 3.86. The lowest BCUT2D eigenvalue weighted by atomic mass is 9.85. The van der Waals surface area contributed by atoms with Gasteiger partial charge in [0.1, 0.15) is 12.4 Å². The minimum Gasteiger partial charge on any atom is -0.491 e. The summed E-state index contributed by atoms with van der Waals surface area (Å²) in [6.45, 7) is 4.12. The van der Waals surface area contributed by atoms with Crippen molar-refractivity contribution in [2.24, 2.45) is 0 Å². The molecule has 128 valence electrons. The molecule has 2 saturated heterocycles. The van der Waals surface area contributed by atoms with E-state index in [1.807, 2.05) is 12.1 Å². The van der Waals surface area contributed by atoms with Crippen LogP contribution >= 0.6 is 0 Å². The van der Waals surface area contributed by atoms with Crippen molar-refractivity contribution in [2.45, 2.75) is 37.5 Å². The van der Waals surface area contributed by atoms with Crippen LogP contribution in [0.4, 0.5) is 0 Å². The Morgan fingerprint density at radius 1 is 1.30 bits per heavy atom. The summed E-state index contributed by atoms with van der Waals surface area (Å²) in [4.78, 5) is 2.44. The summed E-state index contributed by atoms with van der Waals surface area (Å²) in [5.41, 5.74) is 1.22. The number of aliphatic hydroxyl groups excluding tert-OH is 1. The normalized spacial score (nSPS) is 28.3. The minimum atomic E-state index is -0.0484. The van der Waals surface area contributed by atoms with E-state index in [2.05, 4.69) is 17.0 Å². The number of hydrogen-bond donors (Lipinski definition) is 1. The maximum absolute atomic E-state index is 8.78. The molecular formula is C18H27NO4. The molecule has 0 bridgehead atoms. The third-order valence-electron chi connectivity index (χ3n) is 4.97. The van der Waals surface area contributed by atoms with Crippen molar-refractivity contribution in [3.63, 3.8) is 0 Å². The van der Waals surface area contributed by atoms with E-state index in [1.165, 1.54) is 5.56 Å². The SMILES string of the molecule is CO[C@H]1CN(Cc2ccc(OCCO)cc2)CC[C@@]12CCCO2. The number of benzene rings is 1. The summed E-state index contributed by atoms with van der Waals surface area (Å²) < 4.78 is 17.2. The highest BCUT2D eigenvalue weighted by atomic mass is 16.5. The van der Waals surface area contributed by atoms with Crippen LogP contribution in [0.25, 0.3) is 0 Å². The Kier molecular flexibility index (Phi) is 5.54. The van der Waals surface area contributed by atoms with Crippen LogP contribution in [0.1, 0.15) is 24.8 Å². The standard InChI is InChI=1S/C18H27NO4/c1-21-17-14-19(9-8-18(17)7-2-11-23-18)13-15-3-5-16(6-4-15)22-12-10-20/h3-6,17,20H,2,7-14H2,1H3/t17-,18-/m0/s1. The van der Waals surface area contributed by atoms with Crippen LogP contribution in [-0.4, -0.2) is 61.7 Å². The summed E-state index contributed by atoms with van der Waals surface area (Å²) in [6, 6.07) is 8.10. The second-order valence-corrected chi connectivity index (χ2v) is 6.44. The zero-order chi connectivity index (χ0) is 16.1. The average molecular weight is 321 g/mol. The summed E-state index contributed by atoms with van der Waals surface area (Å²) in [6.07, 6.45) is 3.47. The third-order valence-corrected chi connectivity index (χ3v) is 4.97. The molecule has 23 heavy (non-hydrogen) atoms. The van der Waals surface area contributed by atoms with E-state index in [9.17, 15) is 0 Å². The van der Waals surface area contributed by atoms with Gasteiger partial charge in [0.25, 0.3) is 0 Å². The van der Waals surface area contributed by atoms with Gasteiger partial charge in [0, 0.05) is 33.4 Å². The Labute approximate surface area is 138 Å². The topological polar surface area (TPSA) is 51.2 Å². The highest BCUT2D eigenvalue weighted by Crippen LogP contribution is 2.37. The van der Waals surface area contributed by atoms with Gasteiger partial charge in [-0.2, -0.15) is 0 Å². The van der Waals surface area contributed by atoms with Gasteiger partial charge in [0.15, 0.2) is 0 Å². The number of nitrogens with zero attached hydrogens (tertiary/aromatic N) is 1. The fourth-order valence-corrected chi connectivity index (χ4v) is 3.72. The van der Waals surface area contributed by atoms with Crippen LogP contribution in [0.15, 0.2) is 24.3 Å². The first kappa shape index (κ1) is 16.7. The van der Waals surface area contributed by atoms with Gasteiger partial charge in [-0.3, -0.25) is 4.90 Å². The van der Waals surface area contributed by atoms with Crippen molar-refractivity contribution >= 4 is 0 Å². The minimum absolute atomic E-state index is 0.0394. The van der Waals surface area contributed by atoms with Gasteiger partial charge in [-0.05, 0) is 37.0 Å². The molecule has 1 aromatic carbocycles. The number of aliphatic hydroxyl groups is 1. The fourth-order valence-electron chi connectivity index (χ4n) is 3.72. The lowest BCUT2D eigenvalue weighted by Crippen LogP contribution is -2.55. The van der Waals surface area contributed by atoms with Crippen molar-refractivity contribution in [2.75, 3.05) is 40.0 Å². The monoisotopic (exact) mass is 321 g/mol. The molecule has 2 atom stereocenters. The molecular weight excluding hydrogens is 294 g/mol. The predicted octanol–water partition coefficient (Wildman–Crippen LogP) is 1.83. The maximum Gasteiger partial charge on any atom is 0.119 e. The van der Waals surface area contributed by atoms with Crippen LogP contribution in [0.3, 0.4) is 0 Å². The molecule has 0 aliphatic carbocycles. The molecule has 5 heteroatoms. The van der Waals surface area contributed by atoms with Crippen LogP contribution in [-0.2, 0) is 16.0 Å². The van der Waals surface area contributed by atoms with Gasteiger partial charge in [-0.25, -0.2) is 0 Å². The van der Waals surface area contributed by atoms with Crippen LogP contribution < -0.4 is 4.74 Å². The summed E-state index contributed by atoms with van der Waals surface area (Å²) in [5.74, 6) is 0.800. The molecule has 0 saturated carbocycles. The lowest BCUT2D eigenvalue weighted by molar-refractivity contribution is -0.143. The van der Waals surface area contributed by atoms with Crippen LogP contribution in [0.2, 0.25) is 0 Å². The van der Waals surface area contributed by atoms with Gasteiger partial charge in [0.2, 0.25) is 0 Å². The van der Waals surface area contributed by atoms with Gasteiger partial charge in [0.05, 0.1) is 18.3 Å². The number of methoxy groups -OCH3 is 1. The zero-order valence-corrected chi connectivity index (χ0v) is 13.9. The summed E-state index contributed by atoms with van der Waals surface area (Å²) >= 11 is 0. The Balaban J connectivity index is 1.56. The molecule has 2 aliphatic heterocycles. The van der Waals surface area contributed by atoms with E-state index in [0.29, 0.717) is 6.61 Å². The molecule has 5 nitrogen and oxygen atoms in total. The van der Waals surface area contributed by atoms with Crippen molar-refractivity contribution in [1.82, 2.24) is 4.90 Å². The van der Waals surface area contributed by atoms with Gasteiger partial charge < -0.3 is 19.3 Å². The molecule has 1 aromatic rings. The number of ether oxygens (including phenoxy) is 3. The van der Waals surface area contributed by atoms with Crippen molar-refractivity contribution < 1.29 is 19.3 Å². The molecule has 0 radical (unpaired) electrons. The Bertz CT molecular complexity index is 484. The first-order valence-corrected chi connectivity index (χ1v) is 8.47. The Morgan fingerprint density at radius 3 is 2.78 bits per heavy atom. The van der Waals surface area contributed by atoms with Gasteiger partial charge >= 0.3 is 0 Å². The molecule has 0 aromatic heterocycles. The highest BCUT2D eigenvalue weighted by molar-refractivity contribution is 5.27. The molecule has 1 spiro atoms. The van der Waals surface area contributed by atoms with Crippen molar-refractivity contribution in [3.8, 4) is 5.75 Å². The van der Waals surface area contributed by atoms with Crippen molar-refractivity contribution in [1.29, 1.82) is 0 Å². The first-order valence-electron chi connectivity index (χ1n) is 8.47. The van der Waals surface area contributed by atoms with Gasteiger partial charge in [-0.15, -0.1) is 0 Å². The van der Waals surface area contributed by atoms with E-state index in [1.54, 1.807) is 7.11 Å². The molecule has 2 fully saturated rings. The molecule has 0 unspecified atom stereocenters. The van der Waals surface area contributed by atoms with E-state index in [0.717, 1.165) is 51.3 Å². The Morgan fingerprint density at radius 2 is 2.13 bits per heavy atom. The van der Waals surface area contributed by atoms with Crippen LogP contribution in [0.5, 0.6) is 5.75 Å². The van der Waals surface area contributed by atoms with E-state index >= 15 is 0 Å². The predicted molar refractivity (Wildman–Crippen MR) is 87.6 cm³/mol. The number of likely N-dealkylation sites (tertiary alicyclic amines) is 1. The van der Waals surface area contributed by atoms with E-state index in [4.69, 9.17) is 19.3 Å². The molecule has 0 amide bonds. The number of hydrogen-bond acceptors (Lipinski definition) is 5. The van der Waals surface area contributed by atoms with Crippen LogP contribution in [0, 0.1) is 0 Å². The summed E-state index contributed by atoms with van der Waals surface area (Å²) in [7, 11) is 1.80. The second-order valence-electron chi connectivity index (χ2n) is 6.44. The van der Waals surface area contributed by atoms with Gasteiger partial charge in [-0.1, -0.05) is 12.1 Å². The average Bonchev–Trinajstić information content (AvgIpc) is 3.05. The molecule has 2 heterocycles. The zero-order valence-electron chi connectivity index (χ0n) is 13.9. The number of rotatable bonds is 6. The Hall–Kier alpha value is -1.14. The van der Waals surface area contributed by atoms with E-state index < -0.39 is 0 Å². The largest absolute Gasteiger partial charge is 0.491 e. The lowest BCUT2D eigenvalue weighted by Gasteiger charge is -2.44. The fraction of sp³-hybridized carbons (Fsp3) is 0.667. The summed E-state index contributed by atoms with van der Waals surface area (Å²) in [5, 5.41) is 8.78. The second kappa shape index (κ2) is 7.62.